The van der Waals surface area contributed by atoms with E-state index in [-0.39, 0.29) is 12.1 Å². The molecule has 4 nitrogen and oxygen atoms in total. The smallest absolute Gasteiger partial charge is 0.319 e. The summed E-state index contributed by atoms with van der Waals surface area (Å²) < 4.78 is 10.2. The molecule has 0 aliphatic carbocycles. The molecule has 0 radical (unpaired) electrons. The fourth-order valence-corrected chi connectivity index (χ4v) is 1.71. The first-order valence-corrected chi connectivity index (χ1v) is 5.09. The molecule has 0 bridgehead atoms. The van der Waals surface area contributed by atoms with Crippen molar-refractivity contribution in [2.24, 2.45) is 0 Å². The van der Waals surface area contributed by atoms with Gasteiger partial charge in [0.05, 0.1) is 26.4 Å². The molecule has 0 aromatic carbocycles. The molecule has 1 fully saturated rings. The number of hydrogen-bond donors (Lipinski definition) is 0. The SMILES string of the molecule is CCC1COC(C)CN1CC(=O)OC. The van der Waals surface area contributed by atoms with Gasteiger partial charge in [-0.25, -0.2) is 0 Å². The van der Waals surface area contributed by atoms with E-state index in [1.54, 1.807) is 0 Å². The zero-order chi connectivity index (χ0) is 10.6. The summed E-state index contributed by atoms with van der Waals surface area (Å²) >= 11 is 0. The van der Waals surface area contributed by atoms with Crippen LogP contribution in [0.1, 0.15) is 20.3 Å². The third kappa shape index (κ3) is 2.96. The van der Waals surface area contributed by atoms with Crippen LogP contribution in [0.3, 0.4) is 0 Å². The summed E-state index contributed by atoms with van der Waals surface area (Å²) in [7, 11) is 1.42. The molecule has 2 unspecified atom stereocenters. The van der Waals surface area contributed by atoms with E-state index in [2.05, 4.69) is 16.6 Å². The van der Waals surface area contributed by atoms with Gasteiger partial charge in [0.1, 0.15) is 0 Å². The maximum Gasteiger partial charge on any atom is 0.319 e. The molecular weight excluding hydrogens is 182 g/mol. The fraction of sp³-hybridized carbons (Fsp3) is 0.900. The van der Waals surface area contributed by atoms with Crippen molar-refractivity contribution in [2.45, 2.75) is 32.4 Å². The highest BCUT2D eigenvalue weighted by Gasteiger charge is 2.26. The lowest BCUT2D eigenvalue weighted by molar-refractivity contribution is -0.145. The molecule has 82 valence electrons. The minimum atomic E-state index is -0.169. The van der Waals surface area contributed by atoms with Gasteiger partial charge < -0.3 is 9.47 Å². The Hall–Kier alpha value is -0.610. The van der Waals surface area contributed by atoms with Gasteiger partial charge in [-0.2, -0.15) is 0 Å². The molecule has 1 saturated heterocycles. The Kier molecular flexibility index (Phi) is 4.35. The van der Waals surface area contributed by atoms with Gasteiger partial charge >= 0.3 is 5.97 Å². The zero-order valence-corrected chi connectivity index (χ0v) is 9.16. The van der Waals surface area contributed by atoms with Crippen LogP contribution in [0.4, 0.5) is 0 Å². The molecule has 14 heavy (non-hydrogen) atoms. The molecular formula is C10H19NO3. The molecule has 0 N–H and O–H groups in total. The minimum Gasteiger partial charge on any atom is -0.468 e. The summed E-state index contributed by atoms with van der Waals surface area (Å²) in [4.78, 5) is 13.3. The first-order chi connectivity index (χ1) is 6.67. The molecule has 0 spiro atoms. The third-order valence-corrected chi connectivity index (χ3v) is 2.61. The maximum atomic E-state index is 11.1. The second-order valence-corrected chi connectivity index (χ2v) is 3.71. The van der Waals surface area contributed by atoms with E-state index in [1.165, 1.54) is 7.11 Å². The number of esters is 1. The predicted octanol–water partition coefficient (Wildman–Crippen LogP) is 0.659. The van der Waals surface area contributed by atoms with Gasteiger partial charge in [-0.3, -0.25) is 9.69 Å². The highest BCUT2D eigenvalue weighted by atomic mass is 16.5. The lowest BCUT2D eigenvalue weighted by atomic mass is 10.1. The van der Waals surface area contributed by atoms with Crippen molar-refractivity contribution in [3.05, 3.63) is 0 Å². The molecule has 1 rings (SSSR count). The van der Waals surface area contributed by atoms with Gasteiger partial charge in [-0.15, -0.1) is 0 Å². The Labute approximate surface area is 85.2 Å². The van der Waals surface area contributed by atoms with Gasteiger partial charge in [0.2, 0.25) is 0 Å². The van der Waals surface area contributed by atoms with Crippen LogP contribution >= 0.6 is 0 Å². The van der Waals surface area contributed by atoms with Gasteiger partial charge in [-0.05, 0) is 13.3 Å². The van der Waals surface area contributed by atoms with Crippen molar-refractivity contribution in [3.8, 4) is 0 Å². The van der Waals surface area contributed by atoms with E-state index in [0.29, 0.717) is 19.2 Å². The van der Waals surface area contributed by atoms with E-state index in [0.717, 1.165) is 13.0 Å². The van der Waals surface area contributed by atoms with Crippen LogP contribution in [-0.2, 0) is 14.3 Å². The van der Waals surface area contributed by atoms with Crippen LogP contribution in [0.15, 0.2) is 0 Å². The first-order valence-electron chi connectivity index (χ1n) is 5.09. The van der Waals surface area contributed by atoms with E-state index in [1.807, 2.05) is 6.92 Å². The highest BCUT2D eigenvalue weighted by molar-refractivity contribution is 5.71. The number of rotatable bonds is 3. The lowest BCUT2D eigenvalue weighted by Crippen LogP contribution is -2.50. The fourth-order valence-electron chi connectivity index (χ4n) is 1.71. The summed E-state index contributed by atoms with van der Waals surface area (Å²) in [5.41, 5.74) is 0. The summed E-state index contributed by atoms with van der Waals surface area (Å²) in [5, 5.41) is 0. The van der Waals surface area contributed by atoms with Gasteiger partial charge in [0, 0.05) is 12.6 Å². The van der Waals surface area contributed by atoms with Crippen molar-refractivity contribution >= 4 is 5.97 Å². The summed E-state index contributed by atoms with van der Waals surface area (Å²) in [6.45, 7) is 6.04. The summed E-state index contributed by atoms with van der Waals surface area (Å²) in [5.74, 6) is -0.169. The van der Waals surface area contributed by atoms with Crippen LogP contribution < -0.4 is 0 Å². The Morgan fingerprint density at radius 2 is 2.36 bits per heavy atom. The normalized spacial score (nSPS) is 28.8. The van der Waals surface area contributed by atoms with E-state index >= 15 is 0 Å². The standard InChI is InChI=1S/C10H19NO3/c1-4-9-7-14-8(2)5-11(9)6-10(12)13-3/h8-9H,4-7H2,1-3H3. The Morgan fingerprint density at radius 1 is 1.64 bits per heavy atom. The van der Waals surface area contributed by atoms with Crippen LogP contribution in [0.25, 0.3) is 0 Å². The number of ether oxygens (including phenoxy) is 2. The maximum absolute atomic E-state index is 11.1. The summed E-state index contributed by atoms with van der Waals surface area (Å²) in [6.07, 6.45) is 1.21. The molecule has 0 aromatic heterocycles. The quantitative estimate of drug-likeness (QED) is 0.629. The molecule has 2 atom stereocenters. The second kappa shape index (κ2) is 5.32. The van der Waals surface area contributed by atoms with E-state index in [4.69, 9.17) is 4.74 Å². The van der Waals surface area contributed by atoms with Crippen LogP contribution in [-0.4, -0.2) is 49.8 Å². The number of methoxy groups -OCH3 is 1. The topological polar surface area (TPSA) is 38.8 Å². The number of nitrogens with zero attached hydrogens (tertiary/aromatic N) is 1. The second-order valence-electron chi connectivity index (χ2n) is 3.71. The first kappa shape index (κ1) is 11.5. The molecule has 1 aliphatic heterocycles. The molecule has 1 aliphatic rings. The van der Waals surface area contributed by atoms with Crippen LogP contribution in [0.2, 0.25) is 0 Å². The van der Waals surface area contributed by atoms with Crippen molar-refractivity contribution in [2.75, 3.05) is 26.8 Å². The third-order valence-electron chi connectivity index (χ3n) is 2.61. The average molecular weight is 201 g/mol. The molecule has 4 heteroatoms. The molecule has 0 aromatic rings. The Bertz CT molecular complexity index is 196. The Balaban J connectivity index is 2.48. The highest BCUT2D eigenvalue weighted by Crippen LogP contribution is 2.13. The molecule has 0 amide bonds. The Morgan fingerprint density at radius 3 is 2.93 bits per heavy atom. The predicted molar refractivity (Wildman–Crippen MR) is 53.1 cm³/mol. The van der Waals surface area contributed by atoms with Crippen molar-refractivity contribution in [3.63, 3.8) is 0 Å². The zero-order valence-electron chi connectivity index (χ0n) is 9.16. The largest absolute Gasteiger partial charge is 0.468 e. The van der Waals surface area contributed by atoms with Gasteiger partial charge in [0.15, 0.2) is 0 Å². The monoisotopic (exact) mass is 201 g/mol. The average Bonchev–Trinajstić information content (AvgIpc) is 2.18. The van der Waals surface area contributed by atoms with E-state index < -0.39 is 0 Å². The van der Waals surface area contributed by atoms with Crippen molar-refractivity contribution in [1.82, 2.24) is 4.90 Å². The lowest BCUT2D eigenvalue weighted by Gasteiger charge is -2.37. The minimum absolute atomic E-state index is 0.169. The number of morpholine rings is 1. The number of hydrogen-bond acceptors (Lipinski definition) is 4. The molecule has 0 saturated carbocycles. The summed E-state index contributed by atoms with van der Waals surface area (Å²) in [6, 6.07) is 0.352. The van der Waals surface area contributed by atoms with Crippen molar-refractivity contribution < 1.29 is 14.3 Å². The van der Waals surface area contributed by atoms with Crippen molar-refractivity contribution in [1.29, 1.82) is 0 Å². The van der Waals surface area contributed by atoms with Crippen LogP contribution in [0.5, 0.6) is 0 Å². The number of carbonyl (C=O) groups excluding carboxylic acids is 1. The van der Waals surface area contributed by atoms with Crippen LogP contribution in [0, 0.1) is 0 Å². The number of carbonyl (C=O) groups is 1. The molecule has 1 heterocycles. The van der Waals surface area contributed by atoms with E-state index in [9.17, 15) is 4.79 Å². The van der Waals surface area contributed by atoms with Gasteiger partial charge in [-0.1, -0.05) is 6.92 Å². The van der Waals surface area contributed by atoms with Gasteiger partial charge in [0.25, 0.3) is 0 Å².